The summed E-state index contributed by atoms with van der Waals surface area (Å²) in [5.74, 6) is -0.921. The van der Waals surface area contributed by atoms with Crippen molar-refractivity contribution in [3.8, 4) is 0 Å². The smallest absolute Gasteiger partial charge is 0.355 e. The summed E-state index contributed by atoms with van der Waals surface area (Å²) in [4.78, 5) is 27.6. The lowest BCUT2D eigenvalue weighted by Crippen LogP contribution is -2.22. The number of benzene rings is 1. The van der Waals surface area contributed by atoms with E-state index in [-0.39, 0.29) is 17.2 Å². The molecule has 1 aromatic carbocycles. The number of carbonyl (C=O) groups excluding carboxylic acids is 2. The molecule has 0 bridgehead atoms. The van der Waals surface area contributed by atoms with E-state index in [0.717, 1.165) is 4.31 Å². The highest BCUT2D eigenvalue weighted by Gasteiger charge is 2.23. The molecule has 0 spiro atoms. The zero-order valence-electron chi connectivity index (χ0n) is 15.9. The van der Waals surface area contributed by atoms with Crippen molar-refractivity contribution in [2.45, 2.75) is 25.7 Å². The number of nitrogens with one attached hydrogen (secondary N) is 2. The first-order valence-corrected chi connectivity index (χ1v) is 9.73. The molecule has 0 atom stereocenters. The normalized spacial score (nSPS) is 11.5. The Hall–Kier alpha value is -2.65. The molecule has 1 aromatic heterocycles. The first-order chi connectivity index (χ1) is 12.6. The van der Waals surface area contributed by atoms with Gasteiger partial charge in [-0.05, 0) is 50.6 Å². The third kappa shape index (κ3) is 4.20. The van der Waals surface area contributed by atoms with E-state index in [1.807, 2.05) is 0 Å². The van der Waals surface area contributed by atoms with Crippen LogP contribution in [0.3, 0.4) is 0 Å². The molecule has 0 saturated heterocycles. The lowest BCUT2D eigenvalue weighted by molar-refractivity contribution is 0.0519. The van der Waals surface area contributed by atoms with Crippen LogP contribution in [0.5, 0.6) is 0 Å². The van der Waals surface area contributed by atoms with Gasteiger partial charge < -0.3 is 15.0 Å². The maximum absolute atomic E-state index is 12.6. The van der Waals surface area contributed by atoms with Crippen molar-refractivity contribution in [2.75, 3.05) is 26.0 Å². The van der Waals surface area contributed by atoms with Gasteiger partial charge in [-0.3, -0.25) is 4.79 Å². The lowest BCUT2D eigenvalue weighted by Gasteiger charge is -2.12. The number of nitrogens with zero attached hydrogens (tertiary/aromatic N) is 1. The molecule has 0 aliphatic heterocycles. The van der Waals surface area contributed by atoms with Crippen molar-refractivity contribution in [3.63, 3.8) is 0 Å². The van der Waals surface area contributed by atoms with Crippen molar-refractivity contribution < 1.29 is 22.7 Å². The fourth-order valence-electron chi connectivity index (χ4n) is 2.61. The number of rotatable bonds is 6. The van der Waals surface area contributed by atoms with Crippen LogP contribution in [-0.4, -0.2) is 50.3 Å². The molecule has 1 amide bonds. The van der Waals surface area contributed by atoms with Crippen LogP contribution in [-0.2, 0) is 14.8 Å². The van der Waals surface area contributed by atoms with E-state index in [1.165, 1.54) is 38.4 Å². The summed E-state index contributed by atoms with van der Waals surface area (Å²) in [7, 11) is -0.639. The molecule has 2 N–H and O–H groups in total. The highest BCUT2D eigenvalue weighted by atomic mass is 32.2. The summed E-state index contributed by atoms with van der Waals surface area (Å²) in [5, 5.41) is 2.71. The van der Waals surface area contributed by atoms with Crippen LogP contribution in [0, 0.1) is 13.8 Å². The fraction of sp³-hybridized carbons (Fsp3) is 0.333. The predicted molar refractivity (Wildman–Crippen MR) is 101 cm³/mol. The Kier molecular flexibility index (Phi) is 6.07. The van der Waals surface area contributed by atoms with Crippen molar-refractivity contribution >= 4 is 27.6 Å². The fourth-order valence-corrected chi connectivity index (χ4v) is 3.51. The molecule has 0 fully saturated rings. The first-order valence-electron chi connectivity index (χ1n) is 8.29. The Morgan fingerprint density at radius 3 is 2.26 bits per heavy atom. The molecule has 1 heterocycles. The van der Waals surface area contributed by atoms with E-state index in [4.69, 9.17) is 4.74 Å². The van der Waals surface area contributed by atoms with Gasteiger partial charge in [-0.2, -0.15) is 0 Å². The van der Waals surface area contributed by atoms with Gasteiger partial charge >= 0.3 is 5.97 Å². The Labute approximate surface area is 158 Å². The van der Waals surface area contributed by atoms with Crippen molar-refractivity contribution in [1.82, 2.24) is 9.29 Å². The monoisotopic (exact) mass is 393 g/mol. The summed E-state index contributed by atoms with van der Waals surface area (Å²) >= 11 is 0. The van der Waals surface area contributed by atoms with Crippen molar-refractivity contribution in [3.05, 3.63) is 46.8 Å². The highest BCUT2D eigenvalue weighted by molar-refractivity contribution is 7.89. The molecule has 2 rings (SSSR count). The molecule has 0 aliphatic rings. The molecular weight excluding hydrogens is 370 g/mol. The number of H-pyrrole nitrogens is 1. The maximum atomic E-state index is 12.6. The second-order valence-electron chi connectivity index (χ2n) is 6.11. The number of ether oxygens (including phenoxy) is 1. The number of esters is 1. The van der Waals surface area contributed by atoms with E-state index in [1.54, 1.807) is 20.8 Å². The highest BCUT2D eigenvalue weighted by Crippen LogP contribution is 2.22. The van der Waals surface area contributed by atoms with Crippen molar-refractivity contribution in [2.24, 2.45) is 0 Å². The third-order valence-electron chi connectivity index (χ3n) is 4.03. The van der Waals surface area contributed by atoms with Gasteiger partial charge in [0.1, 0.15) is 5.69 Å². The van der Waals surface area contributed by atoms with Gasteiger partial charge in [-0.25, -0.2) is 17.5 Å². The summed E-state index contributed by atoms with van der Waals surface area (Å²) < 4.78 is 30.3. The average molecular weight is 393 g/mol. The van der Waals surface area contributed by atoms with E-state index >= 15 is 0 Å². The van der Waals surface area contributed by atoms with Gasteiger partial charge in [0.15, 0.2) is 0 Å². The molecule has 0 aliphatic carbocycles. The Morgan fingerprint density at radius 1 is 1.15 bits per heavy atom. The van der Waals surface area contributed by atoms with Gasteiger partial charge in [0.05, 0.1) is 17.1 Å². The number of aryl methyl sites for hydroxylation is 1. The number of aromatic amines is 1. The summed E-state index contributed by atoms with van der Waals surface area (Å²) in [6.07, 6.45) is 0. The van der Waals surface area contributed by atoms with Gasteiger partial charge in [0.2, 0.25) is 10.0 Å². The minimum absolute atomic E-state index is 0.129. The number of hydrogen-bond acceptors (Lipinski definition) is 5. The van der Waals surface area contributed by atoms with Crippen LogP contribution in [0.25, 0.3) is 0 Å². The predicted octanol–water partition coefficient (Wildman–Crippen LogP) is 2.31. The van der Waals surface area contributed by atoms with E-state index in [9.17, 15) is 18.0 Å². The maximum Gasteiger partial charge on any atom is 0.355 e. The number of anilines is 1. The number of carbonyl (C=O) groups is 2. The number of amides is 1. The number of sulfonamides is 1. The molecule has 0 radical (unpaired) electrons. The minimum Gasteiger partial charge on any atom is -0.461 e. The van der Waals surface area contributed by atoms with E-state index < -0.39 is 21.9 Å². The quantitative estimate of drug-likeness (QED) is 0.732. The SMILES string of the molecule is CCOC(=O)c1[nH]c(C)c(C(=O)Nc2ccc(S(=O)(=O)N(C)C)cc2)c1C. The van der Waals surface area contributed by atoms with Gasteiger partial charge in [-0.15, -0.1) is 0 Å². The Balaban J connectivity index is 2.25. The van der Waals surface area contributed by atoms with Gasteiger partial charge in [-0.1, -0.05) is 0 Å². The molecule has 27 heavy (non-hydrogen) atoms. The summed E-state index contributed by atoms with van der Waals surface area (Å²) in [6.45, 7) is 5.30. The molecule has 0 saturated carbocycles. The Morgan fingerprint density at radius 2 is 1.74 bits per heavy atom. The lowest BCUT2D eigenvalue weighted by atomic mass is 10.1. The van der Waals surface area contributed by atoms with Crippen LogP contribution in [0.2, 0.25) is 0 Å². The Bertz CT molecular complexity index is 960. The second kappa shape index (κ2) is 7.93. The zero-order valence-corrected chi connectivity index (χ0v) is 16.7. The summed E-state index contributed by atoms with van der Waals surface area (Å²) in [5.41, 5.74) is 2.07. The second-order valence-corrected chi connectivity index (χ2v) is 8.26. The minimum atomic E-state index is -3.54. The van der Waals surface area contributed by atoms with Crippen LogP contribution in [0.4, 0.5) is 5.69 Å². The average Bonchev–Trinajstić information content (AvgIpc) is 2.90. The number of aromatic nitrogens is 1. The molecule has 2 aromatic rings. The molecule has 8 nitrogen and oxygen atoms in total. The summed E-state index contributed by atoms with van der Waals surface area (Å²) in [6, 6.07) is 5.87. The van der Waals surface area contributed by atoms with Crippen LogP contribution in [0.15, 0.2) is 29.2 Å². The van der Waals surface area contributed by atoms with Crippen LogP contribution >= 0.6 is 0 Å². The van der Waals surface area contributed by atoms with Crippen LogP contribution < -0.4 is 5.32 Å². The molecule has 146 valence electrons. The molecule has 9 heteroatoms. The zero-order chi connectivity index (χ0) is 20.4. The van der Waals surface area contributed by atoms with Gasteiger partial charge in [0, 0.05) is 25.5 Å². The first kappa shape index (κ1) is 20.7. The van der Waals surface area contributed by atoms with Gasteiger partial charge in [0.25, 0.3) is 5.91 Å². The van der Waals surface area contributed by atoms with E-state index in [0.29, 0.717) is 22.5 Å². The van der Waals surface area contributed by atoms with E-state index in [2.05, 4.69) is 10.3 Å². The third-order valence-corrected chi connectivity index (χ3v) is 5.86. The van der Waals surface area contributed by atoms with Crippen LogP contribution in [0.1, 0.15) is 39.0 Å². The number of hydrogen-bond donors (Lipinski definition) is 2. The molecule has 0 unspecified atom stereocenters. The standard InChI is InChI=1S/C18H23N3O5S/c1-6-26-18(23)16-11(2)15(12(3)19-16)17(22)20-13-7-9-14(10-8-13)27(24,25)21(4)5/h7-10,19H,6H2,1-5H3,(H,20,22). The largest absolute Gasteiger partial charge is 0.461 e. The molecular formula is C18H23N3O5S. The topological polar surface area (TPSA) is 109 Å². The van der Waals surface area contributed by atoms with Crippen molar-refractivity contribution in [1.29, 1.82) is 0 Å².